The summed E-state index contributed by atoms with van der Waals surface area (Å²) in [6.45, 7) is 0.520. The van der Waals surface area contributed by atoms with Gasteiger partial charge in [-0.2, -0.15) is 0 Å². The molecule has 2 heterocycles. The van der Waals surface area contributed by atoms with Crippen molar-refractivity contribution in [1.82, 2.24) is 9.38 Å². The summed E-state index contributed by atoms with van der Waals surface area (Å²) in [6.07, 6.45) is 1.93. The molecule has 0 unspecified atom stereocenters. The van der Waals surface area contributed by atoms with Crippen molar-refractivity contribution in [3.05, 3.63) is 97.4 Å². The molecule has 3 aromatic carbocycles. The quantitative estimate of drug-likeness (QED) is 0.216. The number of hydrogen-bond donors (Lipinski definition) is 0. The van der Waals surface area contributed by atoms with Crippen molar-refractivity contribution in [1.29, 1.82) is 0 Å². The minimum atomic E-state index is -0.0299. The summed E-state index contributed by atoms with van der Waals surface area (Å²) < 4.78 is 11.7. The summed E-state index contributed by atoms with van der Waals surface area (Å²) in [6, 6.07) is 20.1. The maximum atomic E-state index is 13.0. The average Bonchev–Trinajstić information content (AvgIpc) is 3.25. The lowest BCUT2D eigenvalue weighted by Crippen LogP contribution is -2.22. The summed E-state index contributed by atoms with van der Waals surface area (Å²) in [4.78, 5) is 18.3. The highest BCUT2D eigenvalue weighted by molar-refractivity contribution is 14.1. The fraction of sp³-hybridized carbons (Fsp3) is 0.0435. The fourth-order valence-electron chi connectivity index (χ4n) is 3.30. The van der Waals surface area contributed by atoms with Crippen LogP contribution in [0.15, 0.2) is 65.5 Å². The molecule has 4 nitrogen and oxygen atoms in total. The number of imidazole rings is 1. The van der Waals surface area contributed by atoms with Crippen molar-refractivity contribution in [2.45, 2.75) is 6.61 Å². The minimum absolute atomic E-state index is 0.0299. The van der Waals surface area contributed by atoms with Crippen LogP contribution in [-0.4, -0.2) is 9.38 Å². The van der Waals surface area contributed by atoms with Gasteiger partial charge in [0.15, 0.2) is 4.96 Å². The Morgan fingerprint density at radius 3 is 2.45 bits per heavy atom. The van der Waals surface area contributed by atoms with E-state index in [1.54, 1.807) is 4.40 Å². The van der Waals surface area contributed by atoms with E-state index in [4.69, 9.17) is 4.74 Å². The van der Waals surface area contributed by atoms with Crippen LogP contribution in [0.5, 0.6) is 5.75 Å². The smallest absolute Gasteiger partial charge is 0.274 e. The number of nitrogens with zero attached hydrogens (tertiary/aromatic N) is 2. The standard InChI is InChI=1S/C23H13I3N2O2S/c24-15-7-5-13(6-8-15)12-30-21-16(25)9-14(10-17(21)26)11-20-22(29)28-19-4-2-1-3-18(19)27-23(28)31-20/h1-11H,12H2/b20-11-. The van der Waals surface area contributed by atoms with Crippen molar-refractivity contribution < 1.29 is 4.74 Å². The second kappa shape index (κ2) is 8.94. The first-order chi connectivity index (χ1) is 15.0. The molecule has 0 bridgehead atoms. The molecule has 5 rings (SSSR count). The van der Waals surface area contributed by atoms with E-state index < -0.39 is 0 Å². The molecule has 0 aliphatic heterocycles. The summed E-state index contributed by atoms with van der Waals surface area (Å²) in [7, 11) is 0. The van der Waals surface area contributed by atoms with Crippen molar-refractivity contribution in [3.63, 3.8) is 0 Å². The zero-order chi connectivity index (χ0) is 21.5. The second-order valence-electron chi connectivity index (χ2n) is 6.86. The molecule has 154 valence electrons. The summed E-state index contributed by atoms with van der Waals surface area (Å²) in [5, 5.41) is 0. The number of para-hydroxylation sites is 2. The number of ether oxygens (including phenoxy) is 1. The number of aromatic nitrogens is 2. The number of benzene rings is 3. The van der Waals surface area contributed by atoms with Crippen LogP contribution in [0, 0.1) is 10.7 Å². The van der Waals surface area contributed by atoms with Gasteiger partial charge in [0, 0.05) is 3.57 Å². The van der Waals surface area contributed by atoms with Crippen LogP contribution in [-0.2, 0) is 6.61 Å². The lowest BCUT2D eigenvalue weighted by molar-refractivity contribution is 0.301. The van der Waals surface area contributed by atoms with Crippen molar-refractivity contribution in [2.24, 2.45) is 0 Å². The Morgan fingerprint density at radius 1 is 1.00 bits per heavy atom. The van der Waals surface area contributed by atoms with Gasteiger partial charge in [-0.25, -0.2) is 9.38 Å². The van der Waals surface area contributed by atoms with Crippen LogP contribution >= 0.6 is 79.1 Å². The minimum Gasteiger partial charge on any atom is -0.487 e. The lowest BCUT2D eigenvalue weighted by Gasteiger charge is -2.11. The number of rotatable bonds is 4. The molecule has 0 aliphatic carbocycles. The predicted octanol–water partition coefficient (Wildman–Crippen LogP) is 5.85. The molecule has 0 atom stereocenters. The largest absolute Gasteiger partial charge is 0.487 e. The van der Waals surface area contributed by atoms with Gasteiger partial charge in [0.25, 0.3) is 5.56 Å². The van der Waals surface area contributed by atoms with Gasteiger partial charge >= 0.3 is 0 Å². The molecule has 0 spiro atoms. The van der Waals surface area contributed by atoms with Gasteiger partial charge in [-0.15, -0.1) is 0 Å². The number of thiazole rings is 1. The van der Waals surface area contributed by atoms with Gasteiger partial charge in [-0.05, 0) is 121 Å². The van der Waals surface area contributed by atoms with Gasteiger partial charge in [0.1, 0.15) is 12.4 Å². The normalized spacial score (nSPS) is 12.2. The molecule has 31 heavy (non-hydrogen) atoms. The van der Waals surface area contributed by atoms with E-state index in [0.29, 0.717) is 11.1 Å². The molecule has 0 fully saturated rings. The molecule has 0 aliphatic rings. The maximum absolute atomic E-state index is 13.0. The van der Waals surface area contributed by atoms with Crippen molar-refractivity contribution in [2.75, 3.05) is 0 Å². The van der Waals surface area contributed by atoms with Crippen LogP contribution in [0.3, 0.4) is 0 Å². The Kier molecular flexibility index (Phi) is 6.23. The van der Waals surface area contributed by atoms with Gasteiger partial charge < -0.3 is 4.74 Å². The Hall–Kier alpha value is -1.25. The summed E-state index contributed by atoms with van der Waals surface area (Å²) >= 11 is 8.30. The topological polar surface area (TPSA) is 43.6 Å². The third kappa shape index (κ3) is 4.35. The zero-order valence-electron chi connectivity index (χ0n) is 15.8. The summed E-state index contributed by atoms with van der Waals surface area (Å²) in [5.74, 6) is 0.867. The number of fused-ring (bicyclic) bond motifs is 3. The van der Waals surface area contributed by atoms with Crippen molar-refractivity contribution >= 4 is 101 Å². The first-order valence-electron chi connectivity index (χ1n) is 9.27. The van der Waals surface area contributed by atoms with E-state index in [0.717, 1.165) is 40.0 Å². The lowest BCUT2D eigenvalue weighted by atomic mass is 10.2. The van der Waals surface area contributed by atoms with Crippen LogP contribution < -0.4 is 14.8 Å². The first kappa shape index (κ1) is 21.6. The molecular formula is C23H13I3N2O2S. The van der Waals surface area contributed by atoms with Gasteiger partial charge in [0.2, 0.25) is 0 Å². The van der Waals surface area contributed by atoms with Gasteiger partial charge in [0.05, 0.1) is 22.7 Å². The van der Waals surface area contributed by atoms with Crippen molar-refractivity contribution in [3.8, 4) is 5.75 Å². The Labute approximate surface area is 222 Å². The Bertz CT molecular complexity index is 1520. The molecular weight excluding hydrogens is 749 g/mol. The van der Waals surface area contributed by atoms with E-state index in [9.17, 15) is 4.79 Å². The van der Waals surface area contributed by atoms with Crippen LogP contribution in [0.2, 0.25) is 0 Å². The Morgan fingerprint density at radius 2 is 1.71 bits per heavy atom. The van der Waals surface area contributed by atoms with Crippen LogP contribution in [0.4, 0.5) is 0 Å². The van der Waals surface area contributed by atoms with Crippen LogP contribution in [0.25, 0.3) is 22.1 Å². The molecule has 0 radical (unpaired) electrons. The molecule has 0 amide bonds. The number of hydrogen-bond acceptors (Lipinski definition) is 4. The summed E-state index contributed by atoms with van der Waals surface area (Å²) in [5.41, 5.74) is 3.77. The zero-order valence-corrected chi connectivity index (χ0v) is 23.1. The highest BCUT2D eigenvalue weighted by atomic mass is 127. The third-order valence-corrected chi connectivity index (χ3v) is 8.05. The van der Waals surface area contributed by atoms with Gasteiger partial charge in [-0.1, -0.05) is 35.6 Å². The van der Waals surface area contributed by atoms with E-state index in [1.165, 1.54) is 14.9 Å². The van der Waals surface area contributed by atoms with E-state index >= 15 is 0 Å². The first-order valence-corrected chi connectivity index (χ1v) is 13.3. The fourth-order valence-corrected chi connectivity index (χ4v) is 6.77. The monoisotopic (exact) mass is 762 g/mol. The highest BCUT2D eigenvalue weighted by Gasteiger charge is 2.12. The van der Waals surface area contributed by atoms with E-state index in [1.807, 2.05) is 42.5 Å². The molecule has 8 heteroatoms. The molecule has 0 saturated carbocycles. The average molecular weight is 762 g/mol. The molecule has 5 aromatic rings. The highest BCUT2D eigenvalue weighted by Crippen LogP contribution is 2.30. The number of halogens is 3. The van der Waals surface area contributed by atoms with E-state index in [2.05, 4.69) is 97.0 Å². The maximum Gasteiger partial charge on any atom is 0.274 e. The van der Waals surface area contributed by atoms with E-state index in [-0.39, 0.29) is 5.56 Å². The molecule has 2 aromatic heterocycles. The van der Waals surface area contributed by atoms with Crippen LogP contribution in [0.1, 0.15) is 11.1 Å². The SMILES string of the molecule is O=c1/c(=C/c2cc(I)c(OCc3ccc(I)cc3)c(I)c2)sc2nc3ccccc3n12. The van der Waals surface area contributed by atoms with Gasteiger partial charge in [-0.3, -0.25) is 4.79 Å². The Balaban J connectivity index is 1.48. The third-order valence-electron chi connectivity index (χ3n) is 4.76. The molecule has 0 N–H and O–H groups in total. The predicted molar refractivity (Wildman–Crippen MR) is 151 cm³/mol. The second-order valence-corrected chi connectivity index (χ2v) is 11.4. The molecule has 0 saturated heterocycles.